The van der Waals surface area contributed by atoms with Crippen molar-refractivity contribution in [3.8, 4) is 0 Å². The van der Waals surface area contributed by atoms with Crippen LogP contribution < -0.4 is 5.32 Å². The highest BCUT2D eigenvalue weighted by Gasteiger charge is 2.16. The van der Waals surface area contributed by atoms with Crippen molar-refractivity contribution in [1.29, 1.82) is 0 Å². The first-order valence-electron chi connectivity index (χ1n) is 7.29. The third-order valence-corrected chi connectivity index (χ3v) is 3.98. The third kappa shape index (κ3) is 3.05. The first-order valence-corrected chi connectivity index (χ1v) is 7.29. The maximum absolute atomic E-state index is 13.7. The Balaban J connectivity index is 1.71. The molecule has 0 radical (unpaired) electrons. The minimum Gasteiger partial charge on any atom is -0.381 e. The second-order valence-electron chi connectivity index (χ2n) is 5.41. The molecule has 1 aliphatic heterocycles. The van der Waals surface area contributed by atoms with Crippen LogP contribution in [-0.4, -0.2) is 25.7 Å². The molecule has 0 bridgehead atoms. The molecule has 1 N–H and O–H groups in total. The summed E-state index contributed by atoms with van der Waals surface area (Å²) in [6.07, 6.45) is 1.99. The van der Waals surface area contributed by atoms with Gasteiger partial charge in [0.15, 0.2) is 0 Å². The molecule has 3 rings (SSSR count). The minimum absolute atomic E-state index is 0.148. The molecule has 110 valence electrons. The molecule has 0 spiro atoms. The van der Waals surface area contributed by atoms with Crippen molar-refractivity contribution in [2.75, 3.05) is 19.8 Å². The highest BCUT2D eigenvalue weighted by molar-refractivity contribution is 6.07. The van der Waals surface area contributed by atoms with Gasteiger partial charge in [0.1, 0.15) is 5.82 Å². The normalized spacial score (nSPS) is 18.0. The van der Waals surface area contributed by atoms with Gasteiger partial charge >= 0.3 is 0 Å². The van der Waals surface area contributed by atoms with Gasteiger partial charge in [-0.15, -0.1) is 0 Å². The number of carbonyl (C=O) groups is 1. The van der Waals surface area contributed by atoms with Gasteiger partial charge in [-0.1, -0.05) is 24.3 Å². The zero-order chi connectivity index (χ0) is 14.7. The van der Waals surface area contributed by atoms with Crippen LogP contribution in [0.25, 0.3) is 10.8 Å². The Bertz CT molecular complexity index is 650. The zero-order valence-electron chi connectivity index (χ0n) is 11.8. The van der Waals surface area contributed by atoms with E-state index in [1.807, 2.05) is 6.07 Å². The lowest BCUT2D eigenvalue weighted by molar-refractivity contribution is 0.0952. The average molecular weight is 287 g/mol. The van der Waals surface area contributed by atoms with Gasteiger partial charge in [-0.2, -0.15) is 0 Å². The van der Waals surface area contributed by atoms with Crippen LogP contribution in [0.15, 0.2) is 36.4 Å². The van der Waals surface area contributed by atoms with E-state index in [4.69, 9.17) is 4.74 Å². The van der Waals surface area contributed by atoms with Gasteiger partial charge in [0.25, 0.3) is 5.91 Å². The molecule has 0 aliphatic carbocycles. The number of nitrogens with one attached hydrogen (secondary N) is 1. The van der Waals surface area contributed by atoms with E-state index in [0.717, 1.165) is 26.1 Å². The Morgan fingerprint density at radius 1 is 1.24 bits per heavy atom. The van der Waals surface area contributed by atoms with Crippen molar-refractivity contribution in [3.63, 3.8) is 0 Å². The molecular formula is C17H18FNO2. The molecule has 0 saturated carbocycles. The molecule has 21 heavy (non-hydrogen) atoms. The molecule has 2 aromatic rings. The molecule has 1 fully saturated rings. The number of rotatable bonds is 4. The van der Waals surface area contributed by atoms with Crippen LogP contribution in [0.4, 0.5) is 4.39 Å². The number of benzene rings is 2. The maximum atomic E-state index is 13.7. The van der Waals surface area contributed by atoms with Gasteiger partial charge < -0.3 is 10.1 Å². The summed E-state index contributed by atoms with van der Waals surface area (Å²) in [5.41, 5.74) is 0.523. The van der Waals surface area contributed by atoms with E-state index >= 15 is 0 Å². The fourth-order valence-corrected chi connectivity index (χ4v) is 2.76. The number of fused-ring (bicyclic) bond motifs is 1. The lowest BCUT2D eigenvalue weighted by atomic mass is 10.0. The lowest BCUT2D eigenvalue weighted by Crippen LogP contribution is -2.26. The topological polar surface area (TPSA) is 38.3 Å². The molecule has 3 nitrogen and oxygen atoms in total. The number of amides is 1. The summed E-state index contributed by atoms with van der Waals surface area (Å²) in [5, 5.41) is 4.05. The fourth-order valence-electron chi connectivity index (χ4n) is 2.76. The number of ether oxygens (including phenoxy) is 1. The predicted molar refractivity (Wildman–Crippen MR) is 79.8 cm³/mol. The molecule has 1 saturated heterocycles. The van der Waals surface area contributed by atoms with E-state index in [1.54, 1.807) is 24.3 Å². The fraction of sp³-hybridized carbons (Fsp3) is 0.353. The van der Waals surface area contributed by atoms with Crippen molar-refractivity contribution in [2.24, 2.45) is 5.92 Å². The van der Waals surface area contributed by atoms with Gasteiger partial charge in [-0.3, -0.25) is 4.79 Å². The first kappa shape index (κ1) is 14.0. The van der Waals surface area contributed by atoms with E-state index in [1.165, 1.54) is 6.07 Å². The highest BCUT2D eigenvalue weighted by Crippen LogP contribution is 2.22. The summed E-state index contributed by atoms with van der Waals surface area (Å²) in [6.45, 7) is 2.23. The predicted octanol–water partition coefficient (Wildman–Crippen LogP) is 3.14. The molecule has 4 heteroatoms. The molecule has 1 atom stereocenters. The lowest BCUT2D eigenvalue weighted by Gasteiger charge is -2.10. The number of halogens is 1. The molecule has 1 amide bonds. The standard InChI is InChI=1S/C17H18FNO2/c18-16-6-5-15(13-3-1-2-4-14(13)16)17(20)19-9-7-12-8-10-21-11-12/h1-6,12H,7-11H2,(H,19,20). The monoisotopic (exact) mass is 287 g/mol. The van der Waals surface area contributed by atoms with E-state index in [0.29, 0.717) is 28.8 Å². The number of carbonyl (C=O) groups excluding carboxylic acids is 1. The Morgan fingerprint density at radius 2 is 2.05 bits per heavy atom. The Hall–Kier alpha value is -1.94. The summed E-state index contributed by atoms with van der Waals surface area (Å²) in [7, 11) is 0. The van der Waals surface area contributed by atoms with Crippen LogP contribution in [0, 0.1) is 11.7 Å². The molecular weight excluding hydrogens is 269 g/mol. The number of hydrogen-bond acceptors (Lipinski definition) is 2. The van der Waals surface area contributed by atoms with Crippen molar-refractivity contribution in [2.45, 2.75) is 12.8 Å². The molecule has 2 aromatic carbocycles. The van der Waals surface area contributed by atoms with Gasteiger partial charge in [0.2, 0.25) is 0 Å². The SMILES string of the molecule is O=C(NCCC1CCOC1)c1ccc(F)c2ccccc12. The summed E-state index contributed by atoms with van der Waals surface area (Å²) < 4.78 is 19.1. The van der Waals surface area contributed by atoms with Gasteiger partial charge in [0, 0.05) is 30.7 Å². The van der Waals surface area contributed by atoms with Crippen LogP contribution in [-0.2, 0) is 4.74 Å². The van der Waals surface area contributed by atoms with E-state index in [2.05, 4.69) is 5.32 Å². The molecule has 1 aliphatic rings. The van der Waals surface area contributed by atoms with Crippen LogP contribution in [0.1, 0.15) is 23.2 Å². The van der Waals surface area contributed by atoms with Crippen LogP contribution in [0.3, 0.4) is 0 Å². The quantitative estimate of drug-likeness (QED) is 0.938. The second-order valence-corrected chi connectivity index (χ2v) is 5.41. The molecule has 1 unspecified atom stereocenters. The Kier molecular flexibility index (Phi) is 4.15. The van der Waals surface area contributed by atoms with Crippen LogP contribution >= 0.6 is 0 Å². The highest BCUT2D eigenvalue weighted by atomic mass is 19.1. The Labute approximate surface area is 123 Å². The van der Waals surface area contributed by atoms with Crippen molar-refractivity contribution in [1.82, 2.24) is 5.32 Å². The first-order chi connectivity index (χ1) is 10.3. The van der Waals surface area contributed by atoms with Crippen molar-refractivity contribution >= 4 is 16.7 Å². The molecule has 0 aromatic heterocycles. The summed E-state index contributed by atoms with van der Waals surface area (Å²) in [6, 6.07) is 9.95. The third-order valence-electron chi connectivity index (χ3n) is 3.98. The average Bonchev–Trinajstić information content (AvgIpc) is 3.01. The van der Waals surface area contributed by atoms with Crippen LogP contribution in [0.2, 0.25) is 0 Å². The largest absolute Gasteiger partial charge is 0.381 e. The Morgan fingerprint density at radius 3 is 2.81 bits per heavy atom. The van der Waals surface area contributed by atoms with Gasteiger partial charge in [0.05, 0.1) is 0 Å². The van der Waals surface area contributed by atoms with Crippen molar-refractivity contribution in [3.05, 3.63) is 47.8 Å². The van der Waals surface area contributed by atoms with E-state index in [9.17, 15) is 9.18 Å². The van der Waals surface area contributed by atoms with E-state index < -0.39 is 0 Å². The van der Waals surface area contributed by atoms with E-state index in [-0.39, 0.29) is 11.7 Å². The smallest absolute Gasteiger partial charge is 0.251 e. The van der Waals surface area contributed by atoms with Gasteiger partial charge in [-0.05, 0) is 36.3 Å². The second kappa shape index (κ2) is 6.22. The van der Waals surface area contributed by atoms with Crippen molar-refractivity contribution < 1.29 is 13.9 Å². The minimum atomic E-state index is -0.301. The summed E-state index contributed by atoms with van der Waals surface area (Å²) in [4.78, 5) is 12.3. The maximum Gasteiger partial charge on any atom is 0.251 e. The summed E-state index contributed by atoms with van der Waals surface area (Å²) >= 11 is 0. The van der Waals surface area contributed by atoms with Crippen LogP contribution in [0.5, 0.6) is 0 Å². The zero-order valence-corrected chi connectivity index (χ0v) is 11.8. The molecule has 1 heterocycles. The summed E-state index contributed by atoms with van der Waals surface area (Å²) in [5.74, 6) is 0.0885. The van der Waals surface area contributed by atoms with Gasteiger partial charge in [-0.25, -0.2) is 4.39 Å². The number of hydrogen-bond donors (Lipinski definition) is 1.